The van der Waals surface area contributed by atoms with E-state index in [0.717, 1.165) is 48.1 Å². The molecule has 0 radical (unpaired) electrons. The number of para-hydroxylation sites is 1. The molecule has 5 rings (SSSR count). The van der Waals surface area contributed by atoms with Crippen LogP contribution in [-0.2, 0) is 6.42 Å². The molecule has 0 atom stereocenters. The van der Waals surface area contributed by atoms with Gasteiger partial charge in [0.05, 0.1) is 0 Å². The number of halogens is 1. The van der Waals surface area contributed by atoms with Gasteiger partial charge in [0, 0.05) is 34.2 Å². The molecule has 1 saturated heterocycles. The Morgan fingerprint density at radius 1 is 1.07 bits per heavy atom. The molecule has 1 fully saturated rings. The Balaban J connectivity index is 1.21. The summed E-state index contributed by atoms with van der Waals surface area (Å²) in [6.45, 7) is 4.65. The van der Waals surface area contributed by atoms with Crippen molar-refractivity contribution in [3.63, 3.8) is 0 Å². The number of benzene rings is 2. The smallest absolute Gasteiger partial charge is 0.164 e. The van der Waals surface area contributed by atoms with Crippen molar-refractivity contribution in [2.75, 3.05) is 32.8 Å². The van der Waals surface area contributed by atoms with Crippen LogP contribution >= 0.6 is 11.6 Å². The Kier molecular flexibility index (Phi) is 4.91. The van der Waals surface area contributed by atoms with E-state index in [1.165, 1.54) is 29.4 Å². The Hall–Kier alpha value is -2.17. The molecular formula is C23H25ClN2O2. The highest BCUT2D eigenvalue weighted by atomic mass is 35.5. The van der Waals surface area contributed by atoms with Crippen LogP contribution in [0.4, 0.5) is 0 Å². The van der Waals surface area contributed by atoms with Gasteiger partial charge in [-0.15, -0.1) is 0 Å². The first-order valence-electron chi connectivity index (χ1n) is 10.1. The highest BCUT2D eigenvalue weighted by molar-refractivity contribution is 6.31. The average Bonchev–Trinajstić information content (AvgIpc) is 3.14. The molecule has 1 aromatic heterocycles. The fourth-order valence-electron chi connectivity index (χ4n) is 4.53. The highest BCUT2D eigenvalue weighted by Crippen LogP contribution is 2.41. The van der Waals surface area contributed by atoms with E-state index in [4.69, 9.17) is 21.1 Å². The maximum Gasteiger partial charge on any atom is 0.164 e. The number of rotatable bonds is 4. The van der Waals surface area contributed by atoms with E-state index >= 15 is 0 Å². The van der Waals surface area contributed by atoms with Gasteiger partial charge in [-0.2, -0.15) is 0 Å². The van der Waals surface area contributed by atoms with Crippen LogP contribution in [-0.4, -0.2) is 42.7 Å². The SMILES string of the molecule is Clc1ccc2c(CCN3CCC(c4cccc5c4OCCO5)CC3)c[nH]c2c1. The molecule has 0 saturated carbocycles. The number of H-pyrrole nitrogens is 1. The molecule has 5 heteroatoms. The summed E-state index contributed by atoms with van der Waals surface area (Å²) in [5.41, 5.74) is 3.82. The van der Waals surface area contributed by atoms with E-state index in [0.29, 0.717) is 19.1 Å². The zero-order valence-corrected chi connectivity index (χ0v) is 16.7. The molecule has 4 nitrogen and oxygen atoms in total. The highest BCUT2D eigenvalue weighted by Gasteiger charge is 2.26. The van der Waals surface area contributed by atoms with Crippen molar-refractivity contribution in [2.45, 2.75) is 25.2 Å². The van der Waals surface area contributed by atoms with Crippen molar-refractivity contribution >= 4 is 22.5 Å². The molecule has 0 bridgehead atoms. The van der Waals surface area contributed by atoms with Crippen molar-refractivity contribution in [3.05, 3.63) is 58.7 Å². The minimum Gasteiger partial charge on any atom is -0.486 e. The standard InChI is InChI=1S/C23H25ClN2O2/c24-18-4-5-19-17(15-25-21(19)14-18)8-11-26-9-6-16(7-10-26)20-2-1-3-22-23(20)28-13-12-27-22/h1-5,14-16,25H,6-13H2. The zero-order valence-electron chi connectivity index (χ0n) is 15.9. The normalized spacial score (nSPS) is 17.9. The number of fused-ring (bicyclic) bond motifs is 2. The van der Waals surface area contributed by atoms with Gasteiger partial charge >= 0.3 is 0 Å². The summed E-state index contributed by atoms with van der Waals surface area (Å²) in [4.78, 5) is 5.93. The lowest BCUT2D eigenvalue weighted by molar-refractivity contribution is 0.165. The summed E-state index contributed by atoms with van der Waals surface area (Å²) in [5, 5.41) is 2.06. The number of hydrogen-bond acceptors (Lipinski definition) is 3. The Morgan fingerprint density at radius 3 is 2.82 bits per heavy atom. The van der Waals surface area contributed by atoms with E-state index in [1.807, 2.05) is 18.2 Å². The summed E-state index contributed by atoms with van der Waals surface area (Å²) in [7, 11) is 0. The maximum atomic E-state index is 6.09. The number of aromatic amines is 1. The number of piperidine rings is 1. The van der Waals surface area contributed by atoms with Crippen molar-refractivity contribution in [3.8, 4) is 11.5 Å². The van der Waals surface area contributed by atoms with E-state index < -0.39 is 0 Å². The lowest BCUT2D eigenvalue weighted by atomic mass is 9.88. The molecule has 2 aliphatic rings. The second-order valence-corrected chi connectivity index (χ2v) is 8.18. The molecule has 0 unspecified atom stereocenters. The first-order chi connectivity index (χ1) is 13.8. The monoisotopic (exact) mass is 396 g/mol. The summed E-state index contributed by atoms with van der Waals surface area (Å²) in [5.74, 6) is 2.44. The predicted molar refractivity (Wildman–Crippen MR) is 113 cm³/mol. The molecule has 3 aromatic rings. The van der Waals surface area contributed by atoms with Crippen LogP contribution in [0.2, 0.25) is 5.02 Å². The van der Waals surface area contributed by atoms with Gasteiger partial charge in [-0.1, -0.05) is 29.8 Å². The van der Waals surface area contributed by atoms with Crippen LogP contribution in [0.5, 0.6) is 11.5 Å². The maximum absolute atomic E-state index is 6.09. The third-order valence-corrected chi connectivity index (χ3v) is 6.29. The molecular weight excluding hydrogens is 372 g/mol. The van der Waals surface area contributed by atoms with Gasteiger partial charge in [0.15, 0.2) is 11.5 Å². The third kappa shape index (κ3) is 3.47. The number of nitrogens with zero attached hydrogens (tertiary/aromatic N) is 1. The lowest BCUT2D eigenvalue weighted by Gasteiger charge is -2.33. The molecule has 3 heterocycles. The van der Waals surface area contributed by atoms with Crippen LogP contribution in [0.15, 0.2) is 42.6 Å². The van der Waals surface area contributed by atoms with Gasteiger partial charge in [0.2, 0.25) is 0 Å². The van der Waals surface area contributed by atoms with Crippen molar-refractivity contribution in [1.82, 2.24) is 9.88 Å². The van der Waals surface area contributed by atoms with E-state index in [2.05, 4.69) is 34.3 Å². The van der Waals surface area contributed by atoms with Crippen molar-refractivity contribution < 1.29 is 9.47 Å². The van der Waals surface area contributed by atoms with E-state index in [-0.39, 0.29) is 0 Å². The van der Waals surface area contributed by atoms with Gasteiger partial charge in [-0.3, -0.25) is 0 Å². The first kappa shape index (κ1) is 17.9. The zero-order chi connectivity index (χ0) is 18.9. The van der Waals surface area contributed by atoms with Crippen LogP contribution in [0, 0.1) is 0 Å². The molecule has 0 aliphatic carbocycles. The third-order valence-electron chi connectivity index (χ3n) is 6.05. The van der Waals surface area contributed by atoms with Gasteiger partial charge < -0.3 is 19.4 Å². The Morgan fingerprint density at radius 2 is 1.93 bits per heavy atom. The minimum atomic E-state index is 0.558. The summed E-state index contributed by atoms with van der Waals surface area (Å²) >= 11 is 6.09. The summed E-state index contributed by atoms with van der Waals surface area (Å²) in [6, 6.07) is 12.4. The number of aromatic nitrogens is 1. The predicted octanol–water partition coefficient (Wildman–Crippen LogP) is 5.01. The second kappa shape index (κ2) is 7.69. The molecule has 2 aromatic carbocycles. The van der Waals surface area contributed by atoms with Crippen LogP contribution in [0.25, 0.3) is 10.9 Å². The topological polar surface area (TPSA) is 37.5 Å². The quantitative estimate of drug-likeness (QED) is 0.673. The van der Waals surface area contributed by atoms with Gasteiger partial charge in [0.1, 0.15) is 13.2 Å². The lowest BCUT2D eigenvalue weighted by Crippen LogP contribution is -2.34. The molecule has 0 amide bonds. The van der Waals surface area contributed by atoms with Crippen molar-refractivity contribution in [1.29, 1.82) is 0 Å². The fraction of sp³-hybridized carbons (Fsp3) is 0.391. The molecule has 146 valence electrons. The second-order valence-electron chi connectivity index (χ2n) is 7.74. The fourth-order valence-corrected chi connectivity index (χ4v) is 4.70. The van der Waals surface area contributed by atoms with Crippen LogP contribution in [0.3, 0.4) is 0 Å². The van der Waals surface area contributed by atoms with Crippen LogP contribution in [0.1, 0.15) is 29.9 Å². The summed E-state index contributed by atoms with van der Waals surface area (Å²) < 4.78 is 11.7. The Bertz CT molecular complexity index is 976. The average molecular weight is 397 g/mol. The summed E-state index contributed by atoms with van der Waals surface area (Å²) in [6.07, 6.45) is 5.53. The molecule has 28 heavy (non-hydrogen) atoms. The molecule has 1 N–H and O–H groups in total. The van der Waals surface area contributed by atoms with Gasteiger partial charge in [-0.05, 0) is 62.0 Å². The number of ether oxygens (including phenoxy) is 2. The molecule has 2 aliphatic heterocycles. The minimum absolute atomic E-state index is 0.558. The first-order valence-corrected chi connectivity index (χ1v) is 10.5. The van der Waals surface area contributed by atoms with Gasteiger partial charge in [0.25, 0.3) is 0 Å². The van der Waals surface area contributed by atoms with E-state index in [1.54, 1.807) is 0 Å². The number of likely N-dealkylation sites (tertiary alicyclic amines) is 1. The van der Waals surface area contributed by atoms with Gasteiger partial charge in [-0.25, -0.2) is 0 Å². The van der Waals surface area contributed by atoms with Crippen molar-refractivity contribution in [2.24, 2.45) is 0 Å². The molecule has 0 spiro atoms. The largest absolute Gasteiger partial charge is 0.486 e. The van der Waals surface area contributed by atoms with E-state index in [9.17, 15) is 0 Å². The number of hydrogen-bond donors (Lipinski definition) is 1. The van der Waals surface area contributed by atoms with Crippen LogP contribution < -0.4 is 9.47 Å². The Labute approximate surface area is 170 Å². The number of nitrogens with one attached hydrogen (secondary N) is 1.